The number of rotatable bonds is 7. The number of ether oxygens (including phenoxy) is 1. The number of nitro benzene ring substituents is 1. The van der Waals surface area contributed by atoms with Crippen molar-refractivity contribution in [2.24, 2.45) is 0 Å². The number of carbonyl (C=O) groups excluding carboxylic acids is 2. The standard InChI is InChI=1S/C13H14N2O5/c16-8-9-7-11(15(18)19)3-4-12(9)20-6-5-13(17)14-10-1-2-10/h3-4,7-8,10H,1-2,5-6H2,(H,14,17). The summed E-state index contributed by atoms with van der Waals surface area (Å²) < 4.78 is 5.32. The minimum Gasteiger partial charge on any atom is -0.492 e. The van der Waals surface area contributed by atoms with Gasteiger partial charge in [-0.2, -0.15) is 0 Å². The molecule has 1 fully saturated rings. The molecule has 1 amide bonds. The maximum atomic E-state index is 11.4. The molecular formula is C13H14N2O5. The molecule has 1 aromatic carbocycles. The molecule has 1 aliphatic carbocycles. The monoisotopic (exact) mass is 278 g/mol. The van der Waals surface area contributed by atoms with Gasteiger partial charge in [0.15, 0.2) is 6.29 Å². The fraction of sp³-hybridized carbons (Fsp3) is 0.385. The lowest BCUT2D eigenvalue weighted by molar-refractivity contribution is -0.384. The molecule has 0 aromatic heterocycles. The Hall–Kier alpha value is -2.44. The van der Waals surface area contributed by atoms with Crippen LogP contribution in [-0.2, 0) is 4.79 Å². The molecule has 0 heterocycles. The zero-order chi connectivity index (χ0) is 14.5. The van der Waals surface area contributed by atoms with Crippen LogP contribution in [0.3, 0.4) is 0 Å². The van der Waals surface area contributed by atoms with Gasteiger partial charge < -0.3 is 10.1 Å². The number of aldehydes is 1. The van der Waals surface area contributed by atoms with Gasteiger partial charge in [-0.3, -0.25) is 19.7 Å². The first-order valence-corrected chi connectivity index (χ1v) is 6.26. The van der Waals surface area contributed by atoms with Crippen LogP contribution in [-0.4, -0.2) is 29.8 Å². The van der Waals surface area contributed by atoms with E-state index in [2.05, 4.69) is 5.32 Å². The van der Waals surface area contributed by atoms with Crippen LogP contribution in [0.2, 0.25) is 0 Å². The van der Waals surface area contributed by atoms with Gasteiger partial charge in [-0.15, -0.1) is 0 Å². The van der Waals surface area contributed by atoms with E-state index in [-0.39, 0.29) is 35.9 Å². The number of nitrogens with zero attached hydrogens (tertiary/aromatic N) is 1. The van der Waals surface area contributed by atoms with Crippen LogP contribution < -0.4 is 10.1 Å². The quantitative estimate of drug-likeness (QED) is 0.462. The SMILES string of the molecule is O=Cc1cc([N+](=O)[O-])ccc1OCCC(=O)NC1CC1. The molecule has 20 heavy (non-hydrogen) atoms. The fourth-order valence-corrected chi connectivity index (χ4v) is 1.65. The molecule has 0 aliphatic heterocycles. The Kier molecular flexibility index (Phi) is 4.29. The van der Waals surface area contributed by atoms with Crippen molar-refractivity contribution in [1.82, 2.24) is 5.32 Å². The molecule has 106 valence electrons. The van der Waals surface area contributed by atoms with Crippen molar-refractivity contribution in [2.75, 3.05) is 6.61 Å². The summed E-state index contributed by atoms with van der Waals surface area (Å²) in [6.07, 6.45) is 2.72. The third kappa shape index (κ3) is 3.78. The molecule has 0 spiro atoms. The lowest BCUT2D eigenvalue weighted by atomic mass is 10.2. The highest BCUT2D eigenvalue weighted by Gasteiger charge is 2.23. The number of carbonyl (C=O) groups is 2. The Morgan fingerprint density at radius 1 is 1.50 bits per heavy atom. The summed E-state index contributed by atoms with van der Waals surface area (Å²) in [7, 11) is 0. The predicted molar refractivity (Wildman–Crippen MR) is 69.8 cm³/mol. The van der Waals surface area contributed by atoms with Gasteiger partial charge in [-0.05, 0) is 18.9 Å². The summed E-state index contributed by atoms with van der Waals surface area (Å²) in [4.78, 5) is 32.3. The first-order valence-electron chi connectivity index (χ1n) is 6.26. The van der Waals surface area contributed by atoms with E-state index in [1.54, 1.807) is 0 Å². The van der Waals surface area contributed by atoms with Crippen molar-refractivity contribution < 1.29 is 19.2 Å². The highest BCUT2D eigenvalue weighted by atomic mass is 16.6. The van der Waals surface area contributed by atoms with Crippen LogP contribution in [0.15, 0.2) is 18.2 Å². The van der Waals surface area contributed by atoms with Crippen LogP contribution >= 0.6 is 0 Å². The summed E-state index contributed by atoms with van der Waals surface area (Å²) in [6, 6.07) is 4.06. The minimum atomic E-state index is -0.583. The van der Waals surface area contributed by atoms with Gasteiger partial charge in [0.2, 0.25) is 5.91 Å². The maximum absolute atomic E-state index is 11.4. The van der Waals surface area contributed by atoms with E-state index < -0.39 is 4.92 Å². The maximum Gasteiger partial charge on any atom is 0.270 e. The number of hydrogen-bond acceptors (Lipinski definition) is 5. The molecule has 1 N–H and O–H groups in total. The number of amides is 1. The van der Waals surface area contributed by atoms with Crippen molar-refractivity contribution in [3.8, 4) is 5.75 Å². The first-order chi connectivity index (χ1) is 9.60. The molecule has 2 rings (SSSR count). The molecule has 1 aromatic rings. The van der Waals surface area contributed by atoms with Gasteiger partial charge >= 0.3 is 0 Å². The number of non-ortho nitro benzene ring substituents is 1. The van der Waals surface area contributed by atoms with Crippen molar-refractivity contribution in [3.63, 3.8) is 0 Å². The zero-order valence-corrected chi connectivity index (χ0v) is 10.7. The zero-order valence-electron chi connectivity index (χ0n) is 10.7. The second-order valence-corrected chi connectivity index (χ2v) is 4.54. The van der Waals surface area contributed by atoms with E-state index in [4.69, 9.17) is 4.74 Å². The van der Waals surface area contributed by atoms with E-state index in [9.17, 15) is 19.7 Å². The third-order valence-corrected chi connectivity index (χ3v) is 2.86. The molecule has 0 unspecified atom stereocenters. The molecule has 7 nitrogen and oxygen atoms in total. The Bertz CT molecular complexity index is 540. The highest BCUT2D eigenvalue weighted by molar-refractivity contribution is 5.80. The van der Waals surface area contributed by atoms with Crippen molar-refractivity contribution in [3.05, 3.63) is 33.9 Å². The summed E-state index contributed by atoms with van der Waals surface area (Å²) >= 11 is 0. The van der Waals surface area contributed by atoms with Gasteiger partial charge in [-0.25, -0.2) is 0 Å². The van der Waals surface area contributed by atoms with Crippen LogP contribution in [0.25, 0.3) is 0 Å². The summed E-state index contributed by atoms with van der Waals surface area (Å²) in [5, 5.41) is 13.4. The normalized spacial score (nSPS) is 13.6. The van der Waals surface area contributed by atoms with Crippen molar-refractivity contribution in [2.45, 2.75) is 25.3 Å². The third-order valence-electron chi connectivity index (χ3n) is 2.86. The molecular weight excluding hydrogens is 264 g/mol. The fourth-order valence-electron chi connectivity index (χ4n) is 1.65. The molecule has 1 aliphatic rings. The van der Waals surface area contributed by atoms with Gasteiger partial charge in [0, 0.05) is 18.2 Å². The van der Waals surface area contributed by atoms with Crippen molar-refractivity contribution >= 4 is 17.9 Å². The van der Waals surface area contributed by atoms with Crippen LogP contribution in [0.1, 0.15) is 29.6 Å². The number of benzene rings is 1. The average molecular weight is 278 g/mol. The Labute approximate surface area is 115 Å². The number of nitrogens with one attached hydrogen (secondary N) is 1. The minimum absolute atomic E-state index is 0.0953. The molecule has 0 bridgehead atoms. The molecule has 0 atom stereocenters. The van der Waals surface area contributed by atoms with E-state index in [1.165, 1.54) is 12.1 Å². The predicted octanol–water partition coefficient (Wildman–Crippen LogP) is 1.45. The van der Waals surface area contributed by atoms with Gasteiger partial charge in [0.05, 0.1) is 23.5 Å². The Morgan fingerprint density at radius 2 is 2.25 bits per heavy atom. The van der Waals surface area contributed by atoms with E-state index in [1.807, 2.05) is 0 Å². The van der Waals surface area contributed by atoms with Crippen molar-refractivity contribution in [1.29, 1.82) is 0 Å². The van der Waals surface area contributed by atoms with E-state index in [0.29, 0.717) is 12.3 Å². The Morgan fingerprint density at radius 3 is 2.85 bits per heavy atom. The second-order valence-electron chi connectivity index (χ2n) is 4.54. The summed E-state index contributed by atoms with van der Waals surface area (Å²) in [6.45, 7) is 0.122. The molecule has 1 saturated carbocycles. The van der Waals surface area contributed by atoms with Gasteiger partial charge in [0.25, 0.3) is 5.69 Å². The topological polar surface area (TPSA) is 98.5 Å². The summed E-state index contributed by atoms with van der Waals surface area (Å²) in [5.41, 5.74) is -0.0762. The van der Waals surface area contributed by atoms with E-state index in [0.717, 1.165) is 18.9 Å². The lowest BCUT2D eigenvalue weighted by Gasteiger charge is -2.08. The number of hydrogen-bond donors (Lipinski definition) is 1. The smallest absolute Gasteiger partial charge is 0.270 e. The van der Waals surface area contributed by atoms with Gasteiger partial charge in [-0.1, -0.05) is 0 Å². The lowest BCUT2D eigenvalue weighted by Crippen LogP contribution is -2.26. The number of nitro groups is 1. The Balaban J connectivity index is 1.89. The van der Waals surface area contributed by atoms with Crippen LogP contribution in [0.5, 0.6) is 5.75 Å². The largest absolute Gasteiger partial charge is 0.492 e. The average Bonchev–Trinajstić information content (AvgIpc) is 3.22. The highest BCUT2D eigenvalue weighted by Crippen LogP contribution is 2.23. The summed E-state index contributed by atoms with van der Waals surface area (Å²) in [5.74, 6) is 0.145. The molecule has 0 saturated heterocycles. The van der Waals surface area contributed by atoms with Gasteiger partial charge in [0.1, 0.15) is 5.75 Å². The second kappa shape index (κ2) is 6.14. The first kappa shape index (κ1) is 14.0. The molecule has 0 radical (unpaired) electrons. The van der Waals surface area contributed by atoms with Crippen LogP contribution in [0.4, 0.5) is 5.69 Å². The van der Waals surface area contributed by atoms with Crippen LogP contribution in [0, 0.1) is 10.1 Å². The van der Waals surface area contributed by atoms with E-state index >= 15 is 0 Å². The molecule has 7 heteroatoms.